The molecule has 1 heteroatoms. The Hall–Kier alpha value is -0.820. The van der Waals surface area contributed by atoms with Gasteiger partial charge < -0.3 is 5.32 Å². The maximum absolute atomic E-state index is 3.61. The quantitative estimate of drug-likeness (QED) is 0.786. The molecule has 100 valence electrons. The van der Waals surface area contributed by atoms with Crippen molar-refractivity contribution in [2.75, 3.05) is 6.54 Å². The fraction of sp³-hybridized carbons (Fsp3) is 0.647. The molecule has 0 amide bonds. The maximum Gasteiger partial charge on any atom is 0.0205 e. The number of nitrogens with one attached hydrogen (secondary N) is 1. The van der Waals surface area contributed by atoms with Gasteiger partial charge in [0, 0.05) is 13.1 Å². The highest BCUT2D eigenvalue weighted by molar-refractivity contribution is 5.29. The zero-order chi connectivity index (χ0) is 13.2. The van der Waals surface area contributed by atoms with Crippen molar-refractivity contribution in [2.45, 2.75) is 53.0 Å². The van der Waals surface area contributed by atoms with E-state index in [4.69, 9.17) is 0 Å². The van der Waals surface area contributed by atoms with E-state index in [0.29, 0.717) is 11.3 Å². The lowest BCUT2D eigenvalue weighted by atomic mass is 9.81. The third-order valence-corrected chi connectivity index (χ3v) is 4.47. The van der Waals surface area contributed by atoms with Crippen LogP contribution in [0.4, 0.5) is 0 Å². The predicted molar refractivity (Wildman–Crippen MR) is 78.7 cm³/mol. The summed E-state index contributed by atoms with van der Waals surface area (Å²) in [4.78, 5) is 0. The van der Waals surface area contributed by atoms with Crippen molar-refractivity contribution in [1.82, 2.24) is 5.32 Å². The minimum atomic E-state index is 0.369. The molecule has 1 aromatic rings. The highest BCUT2D eigenvalue weighted by Crippen LogP contribution is 2.40. The van der Waals surface area contributed by atoms with Crippen molar-refractivity contribution in [3.05, 3.63) is 35.4 Å². The van der Waals surface area contributed by atoms with E-state index in [9.17, 15) is 0 Å². The molecule has 1 saturated carbocycles. The van der Waals surface area contributed by atoms with Gasteiger partial charge in [-0.05, 0) is 41.2 Å². The fourth-order valence-corrected chi connectivity index (χ4v) is 2.11. The topological polar surface area (TPSA) is 12.0 Å². The molecule has 1 N–H and O–H groups in total. The Morgan fingerprint density at radius 3 is 2.61 bits per heavy atom. The lowest BCUT2D eigenvalue weighted by Crippen LogP contribution is -2.33. The van der Waals surface area contributed by atoms with E-state index in [1.807, 2.05) is 0 Å². The van der Waals surface area contributed by atoms with E-state index in [1.165, 1.54) is 24.0 Å². The van der Waals surface area contributed by atoms with Crippen LogP contribution in [0.1, 0.15) is 57.6 Å². The van der Waals surface area contributed by atoms with Crippen LogP contribution in [0.15, 0.2) is 24.3 Å². The van der Waals surface area contributed by atoms with Crippen molar-refractivity contribution in [3.63, 3.8) is 0 Å². The number of rotatable bonds is 6. The van der Waals surface area contributed by atoms with Gasteiger partial charge in [0.1, 0.15) is 0 Å². The van der Waals surface area contributed by atoms with Crippen LogP contribution in [0, 0.1) is 11.3 Å². The van der Waals surface area contributed by atoms with Gasteiger partial charge in [-0.25, -0.2) is 0 Å². The summed E-state index contributed by atoms with van der Waals surface area (Å²) in [6, 6.07) is 9.10. The molecule has 0 bridgehead atoms. The Bertz CT molecular complexity index is 388. The van der Waals surface area contributed by atoms with E-state index in [0.717, 1.165) is 19.0 Å². The molecular weight excluding hydrogens is 218 g/mol. The second-order valence-corrected chi connectivity index (χ2v) is 6.77. The molecule has 2 rings (SSSR count). The Labute approximate surface area is 112 Å². The van der Waals surface area contributed by atoms with Crippen LogP contribution in [0.5, 0.6) is 0 Å². The van der Waals surface area contributed by atoms with E-state index >= 15 is 0 Å². The van der Waals surface area contributed by atoms with Crippen LogP contribution < -0.4 is 5.32 Å². The van der Waals surface area contributed by atoms with Gasteiger partial charge in [-0.3, -0.25) is 0 Å². The molecule has 1 fully saturated rings. The molecule has 0 unspecified atom stereocenters. The van der Waals surface area contributed by atoms with Gasteiger partial charge in [0.2, 0.25) is 0 Å². The summed E-state index contributed by atoms with van der Waals surface area (Å²) < 4.78 is 0. The molecule has 0 atom stereocenters. The second-order valence-electron chi connectivity index (χ2n) is 6.77. The standard InChI is InChI=1S/C17H27N/c1-13(2)17(3,4)12-18-11-14-6-5-7-16(10-14)15-8-9-15/h5-7,10,13,15,18H,8-9,11-12H2,1-4H3. The Balaban J connectivity index is 1.84. The minimum absolute atomic E-state index is 0.369. The molecule has 18 heavy (non-hydrogen) atoms. The summed E-state index contributed by atoms with van der Waals surface area (Å²) >= 11 is 0. The van der Waals surface area contributed by atoms with E-state index < -0.39 is 0 Å². The Morgan fingerprint density at radius 1 is 1.28 bits per heavy atom. The van der Waals surface area contributed by atoms with E-state index in [1.54, 1.807) is 0 Å². The summed E-state index contributed by atoms with van der Waals surface area (Å²) in [6.07, 6.45) is 2.77. The van der Waals surface area contributed by atoms with Gasteiger partial charge in [0.15, 0.2) is 0 Å². The summed E-state index contributed by atoms with van der Waals surface area (Å²) in [5.41, 5.74) is 3.34. The second kappa shape index (κ2) is 5.44. The maximum atomic E-state index is 3.61. The SMILES string of the molecule is CC(C)C(C)(C)CNCc1cccc(C2CC2)c1. The number of hydrogen-bond donors (Lipinski definition) is 1. The summed E-state index contributed by atoms with van der Waals surface area (Å²) in [6.45, 7) is 11.4. The first kappa shape index (κ1) is 13.6. The van der Waals surface area contributed by atoms with Crippen LogP contribution in [0.2, 0.25) is 0 Å². The highest BCUT2D eigenvalue weighted by atomic mass is 14.9. The average molecular weight is 245 g/mol. The van der Waals surface area contributed by atoms with Crippen LogP contribution in [0.3, 0.4) is 0 Å². The monoisotopic (exact) mass is 245 g/mol. The van der Waals surface area contributed by atoms with Gasteiger partial charge >= 0.3 is 0 Å². The molecule has 1 aliphatic rings. The minimum Gasteiger partial charge on any atom is -0.312 e. The van der Waals surface area contributed by atoms with Gasteiger partial charge in [0.25, 0.3) is 0 Å². The van der Waals surface area contributed by atoms with Crippen molar-refractivity contribution in [2.24, 2.45) is 11.3 Å². The van der Waals surface area contributed by atoms with Crippen LogP contribution >= 0.6 is 0 Å². The summed E-state index contributed by atoms with van der Waals surface area (Å²) in [5.74, 6) is 1.57. The normalized spacial score (nSPS) is 16.3. The Kier molecular flexibility index (Phi) is 4.11. The van der Waals surface area contributed by atoms with Crippen molar-refractivity contribution >= 4 is 0 Å². The lowest BCUT2D eigenvalue weighted by molar-refractivity contribution is 0.238. The average Bonchev–Trinajstić information content (AvgIpc) is 3.13. The fourth-order valence-electron chi connectivity index (χ4n) is 2.11. The van der Waals surface area contributed by atoms with E-state index in [2.05, 4.69) is 57.3 Å². The summed E-state index contributed by atoms with van der Waals surface area (Å²) in [7, 11) is 0. The smallest absolute Gasteiger partial charge is 0.0205 e. The van der Waals surface area contributed by atoms with Crippen molar-refractivity contribution < 1.29 is 0 Å². The molecule has 1 aromatic carbocycles. The molecule has 0 aromatic heterocycles. The molecule has 0 radical (unpaired) electrons. The van der Waals surface area contributed by atoms with Crippen molar-refractivity contribution in [3.8, 4) is 0 Å². The van der Waals surface area contributed by atoms with Gasteiger partial charge in [-0.2, -0.15) is 0 Å². The molecule has 1 aliphatic carbocycles. The third kappa shape index (κ3) is 3.58. The third-order valence-electron chi connectivity index (χ3n) is 4.47. The first-order valence-corrected chi connectivity index (χ1v) is 7.28. The van der Waals surface area contributed by atoms with E-state index in [-0.39, 0.29) is 0 Å². The molecule has 0 aliphatic heterocycles. The molecule has 0 heterocycles. The first-order chi connectivity index (χ1) is 8.49. The summed E-state index contributed by atoms with van der Waals surface area (Å²) in [5, 5.41) is 3.61. The van der Waals surface area contributed by atoms with Crippen LogP contribution in [0.25, 0.3) is 0 Å². The van der Waals surface area contributed by atoms with Gasteiger partial charge in [-0.15, -0.1) is 0 Å². The molecule has 0 spiro atoms. The van der Waals surface area contributed by atoms with Gasteiger partial charge in [0.05, 0.1) is 0 Å². The number of hydrogen-bond acceptors (Lipinski definition) is 1. The Morgan fingerprint density at radius 2 is 2.00 bits per heavy atom. The van der Waals surface area contributed by atoms with Crippen LogP contribution in [-0.4, -0.2) is 6.54 Å². The first-order valence-electron chi connectivity index (χ1n) is 7.28. The molecule has 1 nitrogen and oxygen atoms in total. The number of benzene rings is 1. The lowest BCUT2D eigenvalue weighted by Gasteiger charge is -2.29. The van der Waals surface area contributed by atoms with Crippen LogP contribution in [-0.2, 0) is 6.54 Å². The highest BCUT2D eigenvalue weighted by Gasteiger charge is 2.23. The predicted octanol–water partition coefficient (Wildman–Crippen LogP) is 4.34. The molecule has 0 saturated heterocycles. The molecular formula is C17H27N. The van der Waals surface area contributed by atoms with Crippen molar-refractivity contribution in [1.29, 1.82) is 0 Å². The zero-order valence-corrected chi connectivity index (χ0v) is 12.3. The zero-order valence-electron chi connectivity index (χ0n) is 12.3. The largest absolute Gasteiger partial charge is 0.312 e. The van der Waals surface area contributed by atoms with Gasteiger partial charge in [-0.1, -0.05) is 52.0 Å².